The topological polar surface area (TPSA) is 95.1 Å². The molecule has 0 fully saturated rings. The lowest BCUT2D eigenvalue weighted by molar-refractivity contribution is -0.121. The number of nitrogens with zero attached hydrogens (tertiary/aromatic N) is 2. The van der Waals surface area contributed by atoms with Crippen LogP contribution in [0.5, 0.6) is 0 Å². The van der Waals surface area contributed by atoms with Crippen molar-refractivity contribution in [1.29, 1.82) is 0 Å². The summed E-state index contributed by atoms with van der Waals surface area (Å²) >= 11 is 0. The van der Waals surface area contributed by atoms with E-state index in [2.05, 4.69) is 4.98 Å². The van der Waals surface area contributed by atoms with Crippen molar-refractivity contribution >= 4 is 28.2 Å². The molecule has 6 heteroatoms. The number of nitrogen functional groups attached to an aromatic ring is 1. The number of carbonyl (C=O) groups is 2. The molecule has 1 aromatic heterocycles. The molecule has 1 heterocycles. The average molecular weight is 301 g/mol. The van der Waals surface area contributed by atoms with E-state index in [4.69, 9.17) is 5.73 Å². The molecule has 2 rings (SSSR count). The zero-order valence-electron chi connectivity index (χ0n) is 12.9. The molecule has 2 N–H and O–H groups in total. The van der Waals surface area contributed by atoms with E-state index in [1.807, 2.05) is 0 Å². The number of hydrogen-bond donors (Lipinski definition) is 1. The van der Waals surface area contributed by atoms with E-state index < -0.39 is 6.04 Å². The molecule has 0 saturated heterocycles. The summed E-state index contributed by atoms with van der Waals surface area (Å²) < 4.78 is 1.35. The fourth-order valence-corrected chi connectivity index (χ4v) is 2.60. The van der Waals surface area contributed by atoms with Crippen LogP contribution < -0.4 is 11.3 Å². The van der Waals surface area contributed by atoms with Gasteiger partial charge in [-0.3, -0.25) is 14.2 Å². The van der Waals surface area contributed by atoms with E-state index in [0.717, 1.165) is 0 Å². The van der Waals surface area contributed by atoms with Crippen LogP contribution in [-0.2, 0) is 9.59 Å². The van der Waals surface area contributed by atoms with Crippen LogP contribution in [-0.4, -0.2) is 21.1 Å². The second kappa shape index (κ2) is 6.09. The number of rotatable bonds is 5. The molecule has 116 valence electrons. The number of aromatic nitrogens is 2. The summed E-state index contributed by atoms with van der Waals surface area (Å²) in [7, 11) is 0. The number of Topliss-reactive ketones (excluding diaryl/α,β-unsaturated/α-hetero) is 2. The van der Waals surface area contributed by atoms with Gasteiger partial charge in [0.1, 0.15) is 11.6 Å². The highest BCUT2D eigenvalue weighted by Gasteiger charge is 2.22. The Bertz CT molecular complexity index is 808. The fourth-order valence-electron chi connectivity index (χ4n) is 2.60. The Morgan fingerprint density at radius 1 is 1.32 bits per heavy atom. The van der Waals surface area contributed by atoms with Gasteiger partial charge in [0.15, 0.2) is 5.78 Å². The van der Waals surface area contributed by atoms with Gasteiger partial charge in [0.05, 0.1) is 16.9 Å². The predicted octanol–water partition coefficient (Wildman–Crippen LogP) is 1.79. The third-order valence-electron chi connectivity index (χ3n) is 3.69. The first-order valence-electron chi connectivity index (χ1n) is 7.10. The fraction of sp³-hybridized carbons (Fsp3) is 0.375. The molecule has 6 nitrogen and oxygen atoms in total. The average Bonchev–Trinajstić information content (AvgIpc) is 2.41. The molecule has 0 amide bonds. The maximum atomic E-state index is 12.8. The Morgan fingerprint density at radius 2 is 2.00 bits per heavy atom. The smallest absolute Gasteiger partial charge is 0.264 e. The van der Waals surface area contributed by atoms with Crippen molar-refractivity contribution in [2.24, 2.45) is 0 Å². The van der Waals surface area contributed by atoms with E-state index >= 15 is 0 Å². The summed E-state index contributed by atoms with van der Waals surface area (Å²) in [6, 6.07) is 4.37. The van der Waals surface area contributed by atoms with Crippen LogP contribution in [0.2, 0.25) is 0 Å². The summed E-state index contributed by atoms with van der Waals surface area (Å²) in [6.07, 6.45) is 0.518. The first-order valence-corrected chi connectivity index (χ1v) is 7.10. The van der Waals surface area contributed by atoms with Crippen molar-refractivity contribution in [1.82, 2.24) is 9.55 Å². The van der Waals surface area contributed by atoms with E-state index in [1.165, 1.54) is 18.4 Å². The molecule has 1 aromatic carbocycles. The molecule has 0 aliphatic heterocycles. The summed E-state index contributed by atoms with van der Waals surface area (Å²) in [5, 5.41) is 0.308. The number of aryl methyl sites for hydroxylation is 1. The Kier molecular flexibility index (Phi) is 4.40. The maximum absolute atomic E-state index is 12.8. The molecule has 1 unspecified atom stereocenters. The van der Waals surface area contributed by atoms with Crippen molar-refractivity contribution in [3.8, 4) is 0 Å². The Labute approximate surface area is 128 Å². The monoisotopic (exact) mass is 301 g/mol. The standard InChI is InChI=1S/C16H19N3O3/c1-9(20)7-8-14(10(2)21)19-11(3)18-13-6-4-5-12(17)15(13)16(19)22/h4-6,14H,7-8,17H2,1-3H3. The van der Waals surface area contributed by atoms with Gasteiger partial charge in [0.2, 0.25) is 0 Å². The number of ketones is 2. The quantitative estimate of drug-likeness (QED) is 0.849. The van der Waals surface area contributed by atoms with Gasteiger partial charge in [-0.2, -0.15) is 0 Å². The van der Waals surface area contributed by atoms with Crippen molar-refractivity contribution in [2.45, 2.75) is 39.7 Å². The van der Waals surface area contributed by atoms with Crippen LogP contribution in [0.1, 0.15) is 38.6 Å². The summed E-state index contributed by atoms with van der Waals surface area (Å²) in [5.74, 6) is 0.235. The van der Waals surface area contributed by atoms with Crippen LogP contribution in [0.15, 0.2) is 23.0 Å². The van der Waals surface area contributed by atoms with Crippen LogP contribution in [0, 0.1) is 6.92 Å². The van der Waals surface area contributed by atoms with Crippen LogP contribution >= 0.6 is 0 Å². The maximum Gasteiger partial charge on any atom is 0.264 e. The van der Waals surface area contributed by atoms with Crippen LogP contribution in [0.25, 0.3) is 10.9 Å². The zero-order valence-corrected chi connectivity index (χ0v) is 12.9. The van der Waals surface area contributed by atoms with Gasteiger partial charge in [-0.05, 0) is 39.3 Å². The van der Waals surface area contributed by atoms with Crippen molar-refractivity contribution < 1.29 is 9.59 Å². The van der Waals surface area contributed by atoms with Crippen molar-refractivity contribution in [2.75, 3.05) is 5.73 Å². The number of anilines is 1. The van der Waals surface area contributed by atoms with Crippen LogP contribution in [0.4, 0.5) is 5.69 Å². The van der Waals surface area contributed by atoms with E-state index in [0.29, 0.717) is 22.4 Å². The molecule has 2 aromatic rings. The van der Waals surface area contributed by atoms with Gasteiger partial charge in [0.25, 0.3) is 5.56 Å². The minimum Gasteiger partial charge on any atom is -0.398 e. The minimum atomic E-state index is -0.701. The lowest BCUT2D eigenvalue weighted by Crippen LogP contribution is -2.32. The van der Waals surface area contributed by atoms with Gasteiger partial charge in [-0.25, -0.2) is 4.98 Å². The molecule has 22 heavy (non-hydrogen) atoms. The second-order valence-corrected chi connectivity index (χ2v) is 5.44. The van der Waals surface area contributed by atoms with Gasteiger partial charge >= 0.3 is 0 Å². The minimum absolute atomic E-state index is 0.0229. The number of fused-ring (bicyclic) bond motifs is 1. The third kappa shape index (κ3) is 2.90. The largest absolute Gasteiger partial charge is 0.398 e. The SMILES string of the molecule is CC(=O)CCC(C(C)=O)n1c(C)nc2cccc(N)c2c1=O. The number of carbonyl (C=O) groups excluding carboxylic acids is 2. The Hall–Kier alpha value is -2.50. The summed E-state index contributed by atoms with van der Waals surface area (Å²) in [5.41, 5.74) is 6.38. The first-order chi connectivity index (χ1) is 10.3. The third-order valence-corrected chi connectivity index (χ3v) is 3.69. The van der Waals surface area contributed by atoms with Crippen molar-refractivity contribution in [3.63, 3.8) is 0 Å². The van der Waals surface area contributed by atoms with Gasteiger partial charge in [-0.1, -0.05) is 6.07 Å². The molecule has 0 bridgehead atoms. The van der Waals surface area contributed by atoms with Crippen molar-refractivity contribution in [3.05, 3.63) is 34.4 Å². The molecule has 0 saturated carbocycles. The van der Waals surface area contributed by atoms with Gasteiger partial charge < -0.3 is 10.5 Å². The second-order valence-electron chi connectivity index (χ2n) is 5.44. The molecular weight excluding hydrogens is 282 g/mol. The zero-order chi connectivity index (χ0) is 16.4. The first kappa shape index (κ1) is 15.9. The van der Waals surface area contributed by atoms with E-state index in [1.54, 1.807) is 25.1 Å². The molecular formula is C16H19N3O3. The lowest BCUT2D eigenvalue weighted by atomic mass is 10.0. The van der Waals surface area contributed by atoms with E-state index in [-0.39, 0.29) is 30.0 Å². The molecule has 0 aliphatic rings. The molecule has 0 radical (unpaired) electrons. The predicted molar refractivity (Wildman–Crippen MR) is 84.8 cm³/mol. The number of benzene rings is 1. The van der Waals surface area contributed by atoms with Gasteiger partial charge in [-0.15, -0.1) is 0 Å². The van der Waals surface area contributed by atoms with Gasteiger partial charge in [0, 0.05) is 12.1 Å². The summed E-state index contributed by atoms with van der Waals surface area (Å²) in [6.45, 7) is 4.55. The highest BCUT2D eigenvalue weighted by molar-refractivity contribution is 5.90. The molecule has 0 spiro atoms. The summed E-state index contributed by atoms with van der Waals surface area (Å²) in [4.78, 5) is 40.3. The highest BCUT2D eigenvalue weighted by atomic mass is 16.1. The number of nitrogens with two attached hydrogens (primary N) is 1. The van der Waals surface area contributed by atoms with Crippen LogP contribution in [0.3, 0.4) is 0 Å². The Morgan fingerprint density at radius 3 is 2.59 bits per heavy atom. The highest BCUT2D eigenvalue weighted by Crippen LogP contribution is 2.20. The number of hydrogen-bond acceptors (Lipinski definition) is 5. The molecule has 0 aliphatic carbocycles. The lowest BCUT2D eigenvalue weighted by Gasteiger charge is -2.19. The molecule has 1 atom stereocenters. The van der Waals surface area contributed by atoms with E-state index in [9.17, 15) is 14.4 Å². The normalized spacial score (nSPS) is 12.3. The Balaban J connectivity index is 2.67.